The molecule has 0 radical (unpaired) electrons. The molecular formula is C30H44N4O6. The van der Waals surface area contributed by atoms with Crippen LogP contribution in [-0.4, -0.2) is 59.2 Å². The number of unbranched alkanes of at least 4 members (excludes halogenated alkanes) is 1. The fraction of sp³-hybridized carbons (Fsp3) is 0.533. The van der Waals surface area contributed by atoms with Crippen molar-refractivity contribution < 1.29 is 28.6 Å². The summed E-state index contributed by atoms with van der Waals surface area (Å²) in [4.78, 5) is 42.8. The van der Waals surface area contributed by atoms with Crippen LogP contribution in [0.15, 0.2) is 58.8 Å². The second-order valence-corrected chi connectivity index (χ2v) is 10.6. The topological polar surface area (TPSA) is 157 Å². The van der Waals surface area contributed by atoms with Gasteiger partial charge in [0.25, 0.3) is 5.91 Å². The Morgan fingerprint density at radius 3 is 2.67 bits per heavy atom. The molecule has 2 rings (SSSR count). The monoisotopic (exact) mass is 556 g/mol. The number of carbonyl (C=O) groups is 3. The van der Waals surface area contributed by atoms with Gasteiger partial charge in [0, 0.05) is 18.9 Å². The van der Waals surface area contributed by atoms with Crippen LogP contribution in [0.25, 0.3) is 0 Å². The van der Waals surface area contributed by atoms with Gasteiger partial charge in [-0.1, -0.05) is 62.8 Å². The number of nitrogens with one attached hydrogen (secondary N) is 2. The largest absolute Gasteiger partial charge is 0.460 e. The van der Waals surface area contributed by atoms with Crippen LogP contribution >= 0.6 is 0 Å². The molecule has 1 aromatic heterocycles. The predicted molar refractivity (Wildman–Crippen MR) is 153 cm³/mol. The molecule has 0 aromatic carbocycles. The van der Waals surface area contributed by atoms with Gasteiger partial charge in [0.05, 0.1) is 6.10 Å². The molecule has 1 aliphatic rings. The number of carbonyl (C=O) groups excluding carboxylic acids is 3. The molecule has 10 nitrogen and oxygen atoms in total. The third-order valence-electron chi connectivity index (χ3n) is 6.43. The second kappa shape index (κ2) is 16.6. The summed E-state index contributed by atoms with van der Waals surface area (Å²) < 4.78 is 11.4. The molecule has 220 valence electrons. The molecule has 1 aromatic rings. The molecule has 2 amide bonds. The molecule has 2 heterocycles. The van der Waals surface area contributed by atoms with E-state index in [0.717, 1.165) is 5.57 Å². The van der Waals surface area contributed by atoms with Crippen molar-refractivity contribution in [2.45, 2.75) is 78.0 Å². The van der Waals surface area contributed by atoms with Crippen LogP contribution < -0.4 is 16.4 Å². The van der Waals surface area contributed by atoms with E-state index < -0.39 is 30.1 Å². The number of amides is 2. The Balaban J connectivity index is 2.33. The number of cyclic esters (lactones) is 1. The average molecular weight is 557 g/mol. The minimum Gasteiger partial charge on any atom is -0.460 e. The standard InChI is InChI=1S/C30H44N4O6/c1-19(2)28-22(5)11-12-26(36)32-14-8-9-20(3)15-23(35)16-21(4)17-27-33-25(18-39-27)29(37)34-24(30(38)40-28)10-6-7-13-31/h8-9,11-12,15,18-19,22-24,28,35H,4,6-7,10,13-14,16-17,31H2,1-3,5H3,(H,32,36)(H,34,37)/b9-8+,12-11+,20-15+/t22-,23-,24-,28-/m1/s1. The Kier molecular flexibility index (Phi) is 13.5. The van der Waals surface area contributed by atoms with Gasteiger partial charge in [0.1, 0.15) is 18.4 Å². The number of nitrogens with two attached hydrogens (primary N) is 1. The van der Waals surface area contributed by atoms with E-state index >= 15 is 0 Å². The van der Waals surface area contributed by atoms with E-state index in [2.05, 4.69) is 22.2 Å². The number of esters is 1. The molecule has 1 aliphatic heterocycles. The number of nitrogens with zero attached hydrogens (tertiary/aromatic N) is 1. The Morgan fingerprint density at radius 2 is 1.98 bits per heavy atom. The number of hydrogen-bond donors (Lipinski definition) is 4. The van der Waals surface area contributed by atoms with Crippen LogP contribution in [0.5, 0.6) is 0 Å². The first-order valence-corrected chi connectivity index (χ1v) is 13.8. The molecule has 0 spiro atoms. The van der Waals surface area contributed by atoms with Gasteiger partial charge in [-0.05, 0) is 51.1 Å². The summed E-state index contributed by atoms with van der Waals surface area (Å²) in [6, 6.07) is -0.909. The fourth-order valence-corrected chi connectivity index (χ4v) is 4.35. The maximum Gasteiger partial charge on any atom is 0.328 e. The number of allylic oxidation sites excluding steroid dienone is 2. The normalized spacial score (nSPS) is 27.2. The van der Waals surface area contributed by atoms with E-state index in [1.807, 2.05) is 33.8 Å². The van der Waals surface area contributed by atoms with Crippen LogP contribution in [-0.2, 0) is 20.7 Å². The second-order valence-electron chi connectivity index (χ2n) is 10.6. The molecule has 0 unspecified atom stereocenters. The smallest absolute Gasteiger partial charge is 0.328 e. The Bertz CT molecular complexity index is 1100. The lowest BCUT2D eigenvalue weighted by Gasteiger charge is -2.28. The van der Waals surface area contributed by atoms with Crippen molar-refractivity contribution in [3.63, 3.8) is 0 Å². The molecule has 0 fully saturated rings. The van der Waals surface area contributed by atoms with Gasteiger partial charge in [0.15, 0.2) is 11.6 Å². The Labute approximate surface area is 236 Å². The van der Waals surface area contributed by atoms with Crippen molar-refractivity contribution in [2.75, 3.05) is 13.1 Å². The van der Waals surface area contributed by atoms with E-state index in [-0.39, 0.29) is 42.2 Å². The number of aliphatic hydroxyl groups is 1. The summed E-state index contributed by atoms with van der Waals surface area (Å²) in [6.07, 6.45) is 10.5. The first-order valence-electron chi connectivity index (χ1n) is 13.8. The van der Waals surface area contributed by atoms with Crippen LogP contribution in [0.4, 0.5) is 0 Å². The highest BCUT2D eigenvalue weighted by atomic mass is 16.5. The van der Waals surface area contributed by atoms with E-state index in [4.69, 9.17) is 14.9 Å². The van der Waals surface area contributed by atoms with E-state index in [1.165, 1.54) is 12.3 Å². The van der Waals surface area contributed by atoms with E-state index in [9.17, 15) is 19.5 Å². The zero-order valence-corrected chi connectivity index (χ0v) is 24.0. The molecule has 0 saturated heterocycles. The minimum absolute atomic E-state index is 0.0296. The minimum atomic E-state index is -0.909. The number of rotatable bonds is 5. The molecule has 5 N–H and O–H groups in total. The van der Waals surface area contributed by atoms with Gasteiger partial charge in [-0.15, -0.1) is 0 Å². The summed E-state index contributed by atoms with van der Waals surface area (Å²) in [6.45, 7) is 12.3. The lowest BCUT2D eigenvalue weighted by atomic mass is 9.94. The molecule has 0 aliphatic carbocycles. The SMILES string of the molecule is C=C1Cc2nc(co2)C(=O)N[C@H](CCCCN)C(=O)O[C@H](C(C)C)[C@H](C)/C=C/C(=O)NC/C=C/C(C)=C/[C@@H](O)C1. The van der Waals surface area contributed by atoms with E-state index in [0.29, 0.717) is 37.9 Å². The lowest BCUT2D eigenvalue weighted by molar-refractivity contribution is -0.155. The van der Waals surface area contributed by atoms with Crippen molar-refractivity contribution in [1.82, 2.24) is 15.6 Å². The Hall–Kier alpha value is -3.50. The molecule has 10 heteroatoms. The molecule has 0 saturated carbocycles. The first-order chi connectivity index (χ1) is 19.0. The lowest BCUT2D eigenvalue weighted by Crippen LogP contribution is -2.44. The quantitative estimate of drug-likeness (QED) is 0.245. The van der Waals surface area contributed by atoms with E-state index in [1.54, 1.807) is 18.2 Å². The van der Waals surface area contributed by atoms with Gasteiger partial charge < -0.3 is 30.6 Å². The van der Waals surface area contributed by atoms with Crippen LogP contribution in [0, 0.1) is 11.8 Å². The first kappa shape index (κ1) is 32.7. The van der Waals surface area contributed by atoms with Gasteiger partial charge >= 0.3 is 5.97 Å². The van der Waals surface area contributed by atoms with Crippen molar-refractivity contribution in [1.29, 1.82) is 0 Å². The zero-order valence-electron chi connectivity index (χ0n) is 24.0. The van der Waals surface area contributed by atoms with Crippen LogP contribution in [0.2, 0.25) is 0 Å². The number of fused-ring (bicyclic) bond motifs is 2. The summed E-state index contributed by atoms with van der Waals surface area (Å²) in [5.74, 6) is -1.43. The highest BCUT2D eigenvalue weighted by molar-refractivity contribution is 5.95. The average Bonchev–Trinajstić information content (AvgIpc) is 3.35. The highest BCUT2D eigenvalue weighted by Gasteiger charge is 2.30. The fourth-order valence-electron chi connectivity index (χ4n) is 4.35. The summed E-state index contributed by atoms with van der Waals surface area (Å²) in [7, 11) is 0. The maximum atomic E-state index is 13.3. The number of hydrogen-bond acceptors (Lipinski definition) is 8. The number of oxazole rings is 1. The highest BCUT2D eigenvalue weighted by Crippen LogP contribution is 2.20. The maximum absolute atomic E-state index is 13.3. The summed E-state index contributed by atoms with van der Waals surface area (Å²) in [5.41, 5.74) is 7.16. The van der Waals surface area contributed by atoms with Crippen molar-refractivity contribution >= 4 is 17.8 Å². The molecule has 40 heavy (non-hydrogen) atoms. The van der Waals surface area contributed by atoms with Gasteiger partial charge in [-0.3, -0.25) is 9.59 Å². The Morgan fingerprint density at radius 1 is 1.23 bits per heavy atom. The number of aromatic nitrogens is 1. The predicted octanol–water partition coefficient (Wildman–Crippen LogP) is 3.14. The number of aliphatic hydroxyl groups excluding tert-OH is 1. The third-order valence-corrected chi connectivity index (χ3v) is 6.43. The van der Waals surface area contributed by atoms with Gasteiger partial charge in [0.2, 0.25) is 5.91 Å². The summed E-state index contributed by atoms with van der Waals surface area (Å²) >= 11 is 0. The van der Waals surface area contributed by atoms with Gasteiger partial charge in [-0.25, -0.2) is 9.78 Å². The molecular weight excluding hydrogens is 512 g/mol. The van der Waals surface area contributed by atoms with Crippen molar-refractivity contribution in [3.8, 4) is 0 Å². The summed E-state index contributed by atoms with van der Waals surface area (Å²) in [5, 5.41) is 15.9. The van der Waals surface area contributed by atoms with Crippen molar-refractivity contribution in [2.24, 2.45) is 17.6 Å². The van der Waals surface area contributed by atoms with Crippen LogP contribution in [0.3, 0.4) is 0 Å². The third kappa shape index (κ3) is 11.3. The van der Waals surface area contributed by atoms with Crippen molar-refractivity contribution in [3.05, 3.63) is 66.0 Å². The van der Waals surface area contributed by atoms with Crippen LogP contribution in [0.1, 0.15) is 69.8 Å². The zero-order chi connectivity index (χ0) is 29.7. The number of ether oxygens (including phenoxy) is 1. The van der Waals surface area contributed by atoms with Gasteiger partial charge in [-0.2, -0.15) is 0 Å². The molecule has 4 atom stereocenters. The molecule has 2 bridgehead atoms.